The maximum absolute atomic E-state index is 13.1. The molecule has 0 saturated heterocycles. The molecule has 6 nitrogen and oxygen atoms in total. The van der Waals surface area contributed by atoms with E-state index in [0.717, 1.165) is 15.6 Å². The normalized spacial score (nSPS) is 12.0. The van der Waals surface area contributed by atoms with Crippen LogP contribution in [0.3, 0.4) is 0 Å². The average Bonchev–Trinajstić information content (AvgIpc) is 3.14. The summed E-state index contributed by atoms with van der Waals surface area (Å²) in [5.41, 5.74) is 3.41. The van der Waals surface area contributed by atoms with E-state index in [1.54, 1.807) is 17.5 Å². The molecule has 4 aromatic rings. The van der Waals surface area contributed by atoms with E-state index in [0.29, 0.717) is 29.4 Å². The highest BCUT2D eigenvalue weighted by atomic mass is 79.9. The van der Waals surface area contributed by atoms with Crippen LogP contribution in [-0.4, -0.2) is 27.0 Å². The highest BCUT2D eigenvalue weighted by Gasteiger charge is 2.22. The fourth-order valence-electron chi connectivity index (χ4n) is 3.46. The monoisotopic (exact) mass is 479 g/mol. The summed E-state index contributed by atoms with van der Waals surface area (Å²) in [6.07, 6.45) is 1.78. The Morgan fingerprint density at radius 3 is 2.61 bits per heavy atom. The lowest BCUT2D eigenvalue weighted by atomic mass is 10.1. The first-order valence-corrected chi connectivity index (χ1v) is 10.7. The number of aryl methyl sites for hydroxylation is 1. The first-order chi connectivity index (χ1) is 15.1. The molecule has 2 heterocycles. The van der Waals surface area contributed by atoms with Crippen molar-refractivity contribution in [2.24, 2.45) is 0 Å². The summed E-state index contributed by atoms with van der Waals surface area (Å²) in [4.78, 5) is 17.7. The zero-order valence-electron chi connectivity index (χ0n) is 17.0. The Labute approximate surface area is 188 Å². The first-order valence-electron chi connectivity index (χ1n) is 9.89. The molecule has 0 fully saturated rings. The lowest BCUT2D eigenvalue weighted by Crippen LogP contribution is -2.32. The van der Waals surface area contributed by atoms with Crippen molar-refractivity contribution >= 4 is 27.5 Å². The number of aliphatic hydroxyl groups excluding tert-OH is 1. The van der Waals surface area contributed by atoms with Crippen molar-refractivity contribution in [1.82, 2.24) is 14.7 Å². The van der Waals surface area contributed by atoms with Gasteiger partial charge in [-0.1, -0.05) is 64.5 Å². The summed E-state index contributed by atoms with van der Waals surface area (Å²) in [5, 5.41) is 12.7. The zero-order chi connectivity index (χ0) is 21.8. The first kappa shape index (κ1) is 21.1. The van der Waals surface area contributed by atoms with Crippen LogP contribution in [0.2, 0.25) is 0 Å². The van der Waals surface area contributed by atoms with Gasteiger partial charge in [0, 0.05) is 16.2 Å². The molecule has 0 spiro atoms. The third-order valence-corrected chi connectivity index (χ3v) is 5.81. The van der Waals surface area contributed by atoms with E-state index in [2.05, 4.69) is 26.2 Å². The van der Waals surface area contributed by atoms with Crippen LogP contribution < -0.4 is 10.1 Å². The Kier molecular flexibility index (Phi) is 6.34. The van der Waals surface area contributed by atoms with Gasteiger partial charge in [-0.05, 0) is 30.7 Å². The number of hydrogen-bond acceptors (Lipinski definition) is 4. The number of pyridine rings is 1. The number of carbonyl (C=O) groups excluding carboxylic acids is 1. The van der Waals surface area contributed by atoms with E-state index >= 15 is 0 Å². The predicted octanol–water partition coefficient (Wildman–Crippen LogP) is 4.45. The molecule has 0 aliphatic rings. The smallest absolute Gasteiger partial charge is 0.270 e. The van der Waals surface area contributed by atoms with Gasteiger partial charge in [-0.2, -0.15) is 0 Å². The van der Waals surface area contributed by atoms with Crippen molar-refractivity contribution < 1.29 is 14.6 Å². The molecule has 7 heteroatoms. The Balaban J connectivity index is 1.60. The second-order valence-electron chi connectivity index (χ2n) is 7.11. The molecule has 0 aliphatic heterocycles. The van der Waals surface area contributed by atoms with Crippen LogP contribution >= 0.6 is 15.9 Å². The molecule has 0 bridgehead atoms. The number of fused-ring (bicyclic) bond motifs is 1. The molecular formula is C24H22BrN3O3. The largest absolute Gasteiger partial charge is 0.485 e. The summed E-state index contributed by atoms with van der Waals surface area (Å²) in [5.74, 6) is 0.276. The van der Waals surface area contributed by atoms with Gasteiger partial charge >= 0.3 is 0 Å². The molecule has 4 rings (SSSR count). The molecule has 2 N–H and O–H groups in total. The Bertz CT molecular complexity index is 1210. The van der Waals surface area contributed by atoms with Gasteiger partial charge in [-0.15, -0.1) is 0 Å². The minimum absolute atomic E-state index is 0.203. The van der Waals surface area contributed by atoms with Crippen LogP contribution in [0.5, 0.6) is 5.75 Å². The fourth-order valence-corrected chi connectivity index (χ4v) is 3.86. The van der Waals surface area contributed by atoms with Crippen LogP contribution in [0.4, 0.5) is 0 Å². The van der Waals surface area contributed by atoms with Crippen LogP contribution in [0.15, 0.2) is 77.4 Å². The van der Waals surface area contributed by atoms with E-state index in [1.165, 1.54) is 0 Å². The number of benzene rings is 2. The standard InChI is InChI=1S/C24H22BrN3O3/c1-16-22(24(30)27-20(14-29)17-8-3-2-4-9-17)28-13-7-12-21(23(28)26-16)31-15-18-10-5-6-11-19(18)25/h2-13,20,29H,14-15H2,1H3,(H,27,30)/t20-/m0/s1. The van der Waals surface area contributed by atoms with Gasteiger partial charge in [0.05, 0.1) is 18.3 Å². The van der Waals surface area contributed by atoms with Gasteiger partial charge < -0.3 is 15.2 Å². The van der Waals surface area contributed by atoms with Gasteiger partial charge in [0.2, 0.25) is 0 Å². The lowest BCUT2D eigenvalue weighted by molar-refractivity contribution is 0.0909. The topological polar surface area (TPSA) is 75.9 Å². The van der Waals surface area contributed by atoms with Gasteiger partial charge in [0.1, 0.15) is 12.3 Å². The molecule has 0 aliphatic carbocycles. The van der Waals surface area contributed by atoms with Crippen molar-refractivity contribution in [1.29, 1.82) is 0 Å². The summed E-state index contributed by atoms with van der Waals surface area (Å²) in [6.45, 7) is 1.96. The van der Waals surface area contributed by atoms with Crippen LogP contribution in [0.25, 0.3) is 5.65 Å². The molecule has 0 saturated carbocycles. The van der Waals surface area contributed by atoms with Crippen LogP contribution in [0.1, 0.15) is 33.4 Å². The molecule has 1 amide bonds. The van der Waals surface area contributed by atoms with Gasteiger partial charge in [-0.3, -0.25) is 9.20 Å². The third kappa shape index (κ3) is 4.47. The van der Waals surface area contributed by atoms with E-state index in [4.69, 9.17) is 4.74 Å². The number of amides is 1. The second-order valence-corrected chi connectivity index (χ2v) is 7.97. The summed E-state index contributed by atoms with van der Waals surface area (Å²) in [7, 11) is 0. The fraction of sp³-hybridized carbons (Fsp3) is 0.167. The molecule has 158 valence electrons. The minimum Gasteiger partial charge on any atom is -0.485 e. The summed E-state index contributed by atoms with van der Waals surface area (Å²) < 4.78 is 8.71. The van der Waals surface area contributed by atoms with Crippen molar-refractivity contribution in [3.63, 3.8) is 0 Å². The lowest BCUT2D eigenvalue weighted by Gasteiger charge is -2.17. The average molecular weight is 480 g/mol. The number of nitrogens with zero attached hydrogens (tertiary/aromatic N) is 2. The number of imidazole rings is 1. The molecular weight excluding hydrogens is 458 g/mol. The number of aliphatic hydroxyl groups is 1. The second kappa shape index (κ2) is 9.32. The van der Waals surface area contributed by atoms with Crippen molar-refractivity contribution in [3.8, 4) is 5.75 Å². The van der Waals surface area contributed by atoms with Gasteiger partial charge in [0.25, 0.3) is 5.91 Å². The molecule has 0 radical (unpaired) electrons. The number of halogens is 1. The summed E-state index contributed by atoms with van der Waals surface area (Å²) in [6, 6.07) is 20.4. The highest BCUT2D eigenvalue weighted by Crippen LogP contribution is 2.25. The Morgan fingerprint density at radius 1 is 1.13 bits per heavy atom. The van der Waals surface area contributed by atoms with E-state index in [-0.39, 0.29) is 12.5 Å². The van der Waals surface area contributed by atoms with Crippen LogP contribution in [-0.2, 0) is 6.61 Å². The number of rotatable bonds is 7. The Hall–Kier alpha value is -3.16. The number of aromatic nitrogens is 2. The van der Waals surface area contributed by atoms with Gasteiger partial charge in [-0.25, -0.2) is 4.98 Å². The minimum atomic E-state index is -0.506. The zero-order valence-corrected chi connectivity index (χ0v) is 18.5. The SMILES string of the molecule is Cc1nc2c(OCc3ccccc3Br)cccn2c1C(=O)N[C@@H](CO)c1ccccc1. The third-order valence-electron chi connectivity index (χ3n) is 5.03. The maximum atomic E-state index is 13.1. The maximum Gasteiger partial charge on any atom is 0.270 e. The highest BCUT2D eigenvalue weighted by molar-refractivity contribution is 9.10. The van der Waals surface area contributed by atoms with Crippen molar-refractivity contribution in [2.45, 2.75) is 19.6 Å². The van der Waals surface area contributed by atoms with Crippen molar-refractivity contribution in [3.05, 3.63) is 99.9 Å². The predicted molar refractivity (Wildman–Crippen MR) is 122 cm³/mol. The van der Waals surface area contributed by atoms with Crippen LogP contribution in [0, 0.1) is 6.92 Å². The molecule has 0 unspecified atom stereocenters. The number of hydrogen-bond donors (Lipinski definition) is 2. The molecule has 2 aromatic heterocycles. The van der Waals surface area contributed by atoms with E-state index < -0.39 is 6.04 Å². The number of ether oxygens (including phenoxy) is 1. The van der Waals surface area contributed by atoms with Gasteiger partial charge in [0.15, 0.2) is 11.4 Å². The number of carbonyl (C=O) groups is 1. The molecule has 31 heavy (non-hydrogen) atoms. The quantitative estimate of drug-likeness (QED) is 0.410. The molecule has 1 atom stereocenters. The number of nitrogens with one attached hydrogen (secondary N) is 1. The molecule has 2 aromatic carbocycles. The summed E-state index contributed by atoms with van der Waals surface area (Å²) >= 11 is 3.53. The van der Waals surface area contributed by atoms with Crippen molar-refractivity contribution in [2.75, 3.05) is 6.61 Å². The van der Waals surface area contributed by atoms with E-state index in [1.807, 2.05) is 66.7 Å². The Morgan fingerprint density at radius 2 is 1.87 bits per heavy atom. The van der Waals surface area contributed by atoms with E-state index in [9.17, 15) is 9.90 Å².